The zero-order valence-electron chi connectivity index (χ0n) is 23.8. The molecule has 1 amide bonds. The zero-order valence-corrected chi connectivity index (χ0v) is 25.5. The predicted octanol–water partition coefficient (Wildman–Crippen LogP) is 9.29. The highest BCUT2D eigenvalue weighted by molar-refractivity contribution is 8.00. The number of amidine groups is 1. The third kappa shape index (κ3) is 8.53. The van der Waals surface area contributed by atoms with Crippen molar-refractivity contribution in [3.63, 3.8) is 0 Å². The number of aryl methyl sites for hydroxylation is 2. The summed E-state index contributed by atoms with van der Waals surface area (Å²) in [7, 11) is 0. The number of nitrogens with one attached hydrogen (secondary N) is 2. The number of allylic oxidation sites excluding steroid dienone is 5. The number of nitrogens with zero attached hydrogens (tertiary/aromatic N) is 2. The maximum Gasteiger partial charge on any atom is 0.275 e. The van der Waals surface area contributed by atoms with Crippen LogP contribution in [0.5, 0.6) is 0 Å². The van der Waals surface area contributed by atoms with Crippen molar-refractivity contribution in [2.24, 2.45) is 10.9 Å². The van der Waals surface area contributed by atoms with E-state index in [1.54, 1.807) is 11.8 Å². The van der Waals surface area contributed by atoms with Crippen LogP contribution in [0.15, 0.2) is 87.9 Å². The molecule has 2 aromatic carbocycles. The number of carbonyl (C=O) groups excluding carboxylic acids is 1. The molecule has 5 nitrogen and oxygen atoms in total. The number of aromatic nitrogens is 1. The summed E-state index contributed by atoms with van der Waals surface area (Å²) in [6.07, 6.45) is 13.4. The van der Waals surface area contributed by atoms with Crippen molar-refractivity contribution in [2.45, 2.75) is 52.3 Å². The van der Waals surface area contributed by atoms with Crippen molar-refractivity contribution in [1.29, 1.82) is 0 Å². The van der Waals surface area contributed by atoms with Gasteiger partial charge in [-0.3, -0.25) is 4.79 Å². The molecule has 0 aliphatic heterocycles. The largest absolute Gasteiger partial charge is 0.344 e. The van der Waals surface area contributed by atoms with Crippen LogP contribution in [0.4, 0.5) is 11.4 Å². The van der Waals surface area contributed by atoms with Gasteiger partial charge in [0.1, 0.15) is 11.5 Å². The molecule has 0 bridgehead atoms. The molecule has 0 fully saturated rings. The minimum Gasteiger partial charge on any atom is -0.344 e. The molecule has 204 valence electrons. The molecule has 0 saturated carbocycles. The zero-order chi connectivity index (χ0) is 28.4. The van der Waals surface area contributed by atoms with Gasteiger partial charge in [0.05, 0.1) is 4.88 Å². The van der Waals surface area contributed by atoms with Gasteiger partial charge in [-0.2, -0.15) is 0 Å². The second kappa shape index (κ2) is 14.7. The van der Waals surface area contributed by atoms with Crippen molar-refractivity contribution in [2.75, 3.05) is 16.9 Å². The molecule has 1 heterocycles. The number of hydrogen-bond acceptors (Lipinski definition) is 5. The summed E-state index contributed by atoms with van der Waals surface area (Å²) in [5.74, 6) is 0.815. The molecule has 0 radical (unpaired) electrons. The highest BCUT2D eigenvalue weighted by Gasteiger charge is 2.20. The minimum absolute atomic E-state index is 0.226. The first-order valence-corrected chi connectivity index (χ1v) is 15.1. The fraction of sp³-hybridized carbons (Fsp3) is 0.281. The van der Waals surface area contributed by atoms with Crippen molar-refractivity contribution >= 4 is 46.2 Å². The van der Waals surface area contributed by atoms with Gasteiger partial charge in [0.15, 0.2) is 4.34 Å². The summed E-state index contributed by atoms with van der Waals surface area (Å²) in [6.45, 7) is 12.4. The third-order valence-electron chi connectivity index (χ3n) is 6.17. The summed E-state index contributed by atoms with van der Waals surface area (Å²) in [6, 6.07) is 14.0. The molecule has 0 aliphatic carbocycles. The Hall–Kier alpha value is -3.42. The van der Waals surface area contributed by atoms with Crippen molar-refractivity contribution in [3.8, 4) is 10.4 Å². The van der Waals surface area contributed by atoms with Crippen molar-refractivity contribution in [3.05, 3.63) is 95.4 Å². The van der Waals surface area contributed by atoms with Crippen molar-refractivity contribution in [1.82, 2.24) is 4.98 Å². The first kappa shape index (κ1) is 30.1. The van der Waals surface area contributed by atoms with E-state index in [0.29, 0.717) is 11.4 Å². The molecular formula is C32H38N4OS2. The highest BCUT2D eigenvalue weighted by atomic mass is 32.2. The van der Waals surface area contributed by atoms with Gasteiger partial charge in [0.2, 0.25) is 0 Å². The molecule has 7 heteroatoms. The van der Waals surface area contributed by atoms with Gasteiger partial charge >= 0.3 is 0 Å². The van der Waals surface area contributed by atoms with Crippen molar-refractivity contribution < 1.29 is 4.79 Å². The highest BCUT2D eigenvalue weighted by Crippen LogP contribution is 2.35. The number of thiazole rings is 1. The lowest BCUT2D eigenvalue weighted by Gasteiger charge is -2.12. The van der Waals surface area contributed by atoms with Crippen LogP contribution in [0.3, 0.4) is 0 Å². The molecule has 0 aliphatic rings. The van der Waals surface area contributed by atoms with E-state index in [4.69, 9.17) is 0 Å². The summed E-state index contributed by atoms with van der Waals surface area (Å²) in [5, 5.41) is 6.41. The van der Waals surface area contributed by atoms with Crippen LogP contribution >= 0.6 is 23.1 Å². The molecule has 3 rings (SSSR count). The minimum atomic E-state index is -0.226. The topological polar surface area (TPSA) is 66.4 Å². The number of anilines is 2. The Morgan fingerprint density at radius 3 is 2.56 bits per heavy atom. The monoisotopic (exact) mass is 558 g/mol. The molecule has 3 aromatic rings. The van der Waals surface area contributed by atoms with Crippen LogP contribution in [0, 0.1) is 19.8 Å². The number of thioether (sulfide) groups is 1. The van der Waals surface area contributed by atoms with E-state index in [9.17, 15) is 4.79 Å². The van der Waals surface area contributed by atoms with Crippen LogP contribution < -0.4 is 10.6 Å². The average molecular weight is 559 g/mol. The van der Waals surface area contributed by atoms with Crippen LogP contribution in [0.1, 0.15) is 55.7 Å². The normalized spacial score (nSPS) is 13.3. The van der Waals surface area contributed by atoms with Gasteiger partial charge in [-0.25, -0.2) is 9.98 Å². The molecule has 1 unspecified atom stereocenters. The Morgan fingerprint density at radius 1 is 1.15 bits per heavy atom. The fourth-order valence-corrected chi connectivity index (χ4v) is 5.42. The Kier molecular flexibility index (Phi) is 11.3. The lowest BCUT2D eigenvalue weighted by molar-refractivity contribution is 0.102. The Balaban J connectivity index is 1.75. The fourth-order valence-electron chi connectivity index (χ4n) is 3.85. The molecule has 2 N–H and O–H groups in total. The van der Waals surface area contributed by atoms with E-state index < -0.39 is 0 Å². The predicted molar refractivity (Wildman–Crippen MR) is 171 cm³/mol. The van der Waals surface area contributed by atoms with E-state index in [1.807, 2.05) is 56.6 Å². The van der Waals surface area contributed by atoms with Crippen LogP contribution in [0.2, 0.25) is 0 Å². The van der Waals surface area contributed by atoms with E-state index >= 15 is 0 Å². The first-order valence-electron chi connectivity index (χ1n) is 13.1. The molecular weight excluding hydrogens is 521 g/mol. The Morgan fingerprint density at radius 2 is 1.90 bits per heavy atom. The van der Waals surface area contributed by atoms with E-state index in [0.717, 1.165) is 38.3 Å². The van der Waals surface area contributed by atoms with E-state index in [-0.39, 0.29) is 11.8 Å². The van der Waals surface area contributed by atoms with Gasteiger partial charge in [-0.15, -0.1) is 11.3 Å². The maximum atomic E-state index is 13.3. The summed E-state index contributed by atoms with van der Waals surface area (Å²) >= 11 is 3.08. The molecule has 1 atom stereocenters. The van der Waals surface area contributed by atoms with Crippen LogP contribution in [0.25, 0.3) is 10.4 Å². The quantitative estimate of drug-likeness (QED) is 0.113. The first-order chi connectivity index (χ1) is 18.7. The smallest absolute Gasteiger partial charge is 0.275 e. The van der Waals surface area contributed by atoms with Gasteiger partial charge in [0.25, 0.3) is 5.91 Å². The summed E-state index contributed by atoms with van der Waals surface area (Å²) in [5.41, 5.74) is 6.51. The number of amides is 1. The standard InChI is InChI=1S/C32H38N4OS2/c1-8-10-11-25(9-2)22(4)18-19-33-24(6)34-28-20-27(17-14-23(28)5)35-31(37)29-30(39-32(36-29)38-7)26-15-12-21(3)13-16-26/h9-20,22H,8H2,1-7H3,(H,33,34)(H,35,37)/b11-10-,19-18-,25-9+. The van der Waals surface area contributed by atoms with Gasteiger partial charge in [0, 0.05) is 23.5 Å². The molecule has 0 spiro atoms. The SMILES string of the molecule is C/C=C(\C=C/CC)C(C)/C=C\N=C(/C)Nc1cc(NC(=O)c2nc(SC)sc2-c2ccc(C)cc2)ccc1C. The van der Waals surface area contributed by atoms with Crippen LogP contribution in [-0.2, 0) is 0 Å². The lowest BCUT2D eigenvalue weighted by Crippen LogP contribution is -2.14. The van der Waals surface area contributed by atoms with Gasteiger partial charge < -0.3 is 10.6 Å². The number of hydrogen-bond donors (Lipinski definition) is 2. The van der Waals surface area contributed by atoms with Gasteiger partial charge in [-0.1, -0.05) is 85.8 Å². The third-order valence-corrected chi connectivity index (χ3v) is 8.26. The molecule has 1 aromatic heterocycles. The second-order valence-electron chi connectivity index (χ2n) is 9.28. The van der Waals surface area contributed by atoms with Gasteiger partial charge in [-0.05, 0) is 69.2 Å². The van der Waals surface area contributed by atoms with E-state index in [1.165, 1.54) is 22.5 Å². The number of benzene rings is 2. The maximum absolute atomic E-state index is 13.3. The van der Waals surface area contributed by atoms with Crippen LogP contribution in [-0.4, -0.2) is 23.0 Å². The lowest BCUT2D eigenvalue weighted by atomic mass is 10.0. The summed E-state index contributed by atoms with van der Waals surface area (Å²) in [4.78, 5) is 23.4. The number of rotatable bonds is 10. The van der Waals surface area contributed by atoms with E-state index in [2.05, 4.69) is 84.7 Å². The molecule has 0 saturated heterocycles. The number of carbonyl (C=O) groups is 1. The summed E-state index contributed by atoms with van der Waals surface area (Å²) < 4.78 is 0.860. The number of aliphatic imine (C=N–C) groups is 1. The second-order valence-corrected chi connectivity index (χ2v) is 11.3. The Bertz CT molecular complexity index is 1400. The average Bonchev–Trinajstić information content (AvgIpc) is 3.36. The Labute approximate surface area is 241 Å². The molecule has 39 heavy (non-hydrogen) atoms.